The molecule has 1 fully saturated rings. The lowest BCUT2D eigenvalue weighted by molar-refractivity contribution is -0.146. The molecule has 6 nitrogen and oxygen atoms in total. The van der Waals surface area contributed by atoms with Crippen LogP contribution in [0.25, 0.3) is 0 Å². The van der Waals surface area contributed by atoms with Gasteiger partial charge in [0.25, 0.3) is 0 Å². The van der Waals surface area contributed by atoms with Gasteiger partial charge >= 0.3 is 5.97 Å². The van der Waals surface area contributed by atoms with Crippen molar-refractivity contribution < 1.29 is 9.53 Å². The Morgan fingerprint density at radius 1 is 1.47 bits per heavy atom. The summed E-state index contributed by atoms with van der Waals surface area (Å²) in [4.78, 5) is 22.0. The zero-order valence-corrected chi connectivity index (χ0v) is 11.1. The first-order chi connectivity index (χ1) is 9.13. The first-order valence-corrected chi connectivity index (χ1v) is 6.22. The molecule has 0 aromatic carbocycles. The quantitative estimate of drug-likeness (QED) is 0.739. The maximum absolute atomic E-state index is 11.4. The zero-order valence-electron chi connectivity index (χ0n) is 11.1. The Labute approximate surface area is 112 Å². The molecule has 2 rings (SSSR count). The summed E-state index contributed by atoms with van der Waals surface area (Å²) in [6, 6.07) is 3.69. The van der Waals surface area contributed by atoms with E-state index in [-0.39, 0.29) is 11.9 Å². The van der Waals surface area contributed by atoms with Crippen LogP contribution in [0.1, 0.15) is 24.2 Å². The lowest BCUT2D eigenvalue weighted by Crippen LogP contribution is -2.37. The second-order valence-electron chi connectivity index (χ2n) is 4.59. The average Bonchev–Trinajstić information content (AvgIpc) is 2.46. The topological polar surface area (TPSA) is 79.1 Å². The molecule has 1 aliphatic heterocycles. The van der Waals surface area contributed by atoms with Crippen LogP contribution in [0.5, 0.6) is 0 Å². The number of hydrogen-bond acceptors (Lipinski definition) is 6. The number of aryl methyl sites for hydroxylation is 1. The van der Waals surface area contributed by atoms with Gasteiger partial charge in [0.15, 0.2) is 0 Å². The number of esters is 1. The van der Waals surface area contributed by atoms with Crippen molar-refractivity contribution in [2.24, 2.45) is 5.92 Å². The van der Waals surface area contributed by atoms with E-state index >= 15 is 0 Å². The minimum atomic E-state index is -0.150. The molecule has 100 valence electrons. The molecular formula is C13H16N4O2. The van der Waals surface area contributed by atoms with Crippen LogP contribution in [-0.4, -0.2) is 36.1 Å². The van der Waals surface area contributed by atoms with Crippen LogP contribution in [0.2, 0.25) is 0 Å². The van der Waals surface area contributed by atoms with Crippen molar-refractivity contribution in [1.29, 1.82) is 5.26 Å². The maximum Gasteiger partial charge on any atom is 0.308 e. The van der Waals surface area contributed by atoms with Crippen LogP contribution in [0.4, 0.5) is 5.95 Å². The molecule has 0 N–H and O–H groups in total. The molecule has 0 bridgehead atoms. The third kappa shape index (κ3) is 2.99. The van der Waals surface area contributed by atoms with Crippen LogP contribution < -0.4 is 4.90 Å². The molecule has 0 atom stereocenters. The van der Waals surface area contributed by atoms with Gasteiger partial charge in [0.05, 0.1) is 13.0 Å². The Hall–Kier alpha value is -2.16. The fourth-order valence-corrected chi connectivity index (χ4v) is 2.23. The number of methoxy groups -OCH3 is 1. The number of carbonyl (C=O) groups is 1. The highest BCUT2D eigenvalue weighted by molar-refractivity contribution is 5.72. The van der Waals surface area contributed by atoms with Gasteiger partial charge in [-0.1, -0.05) is 0 Å². The molecule has 0 saturated carbocycles. The van der Waals surface area contributed by atoms with Gasteiger partial charge in [-0.15, -0.1) is 0 Å². The second-order valence-corrected chi connectivity index (χ2v) is 4.59. The Morgan fingerprint density at radius 2 is 2.16 bits per heavy atom. The Bertz CT molecular complexity index is 516. The minimum Gasteiger partial charge on any atom is -0.469 e. The highest BCUT2D eigenvalue weighted by atomic mass is 16.5. The lowest BCUT2D eigenvalue weighted by atomic mass is 9.97. The van der Waals surface area contributed by atoms with E-state index in [2.05, 4.69) is 9.97 Å². The van der Waals surface area contributed by atoms with Crippen molar-refractivity contribution in [1.82, 2.24) is 9.97 Å². The van der Waals surface area contributed by atoms with Crippen molar-refractivity contribution in [3.8, 4) is 6.07 Å². The first kappa shape index (κ1) is 13.3. The molecule has 0 amide bonds. The molecule has 0 spiro atoms. The summed E-state index contributed by atoms with van der Waals surface area (Å²) >= 11 is 0. The monoisotopic (exact) mass is 260 g/mol. The van der Waals surface area contributed by atoms with Crippen molar-refractivity contribution in [2.75, 3.05) is 25.1 Å². The molecule has 6 heteroatoms. The number of piperidine rings is 1. The van der Waals surface area contributed by atoms with Gasteiger partial charge in [0.2, 0.25) is 5.95 Å². The largest absolute Gasteiger partial charge is 0.469 e. The SMILES string of the molecule is COC(=O)C1CCN(c2nc(C)cc(C#N)n2)CC1. The molecule has 2 heterocycles. The van der Waals surface area contributed by atoms with Gasteiger partial charge in [0, 0.05) is 18.8 Å². The average molecular weight is 260 g/mol. The summed E-state index contributed by atoms with van der Waals surface area (Å²) in [5.41, 5.74) is 1.15. The number of aromatic nitrogens is 2. The molecule has 1 aliphatic rings. The smallest absolute Gasteiger partial charge is 0.308 e. The molecule has 0 unspecified atom stereocenters. The lowest BCUT2D eigenvalue weighted by Gasteiger charge is -2.30. The Balaban J connectivity index is 2.08. The molecule has 1 aromatic heterocycles. The maximum atomic E-state index is 11.4. The molecule has 1 aromatic rings. The Morgan fingerprint density at radius 3 is 2.74 bits per heavy atom. The second kappa shape index (κ2) is 5.65. The van der Waals surface area contributed by atoms with Crippen molar-refractivity contribution >= 4 is 11.9 Å². The fraction of sp³-hybridized carbons (Fsp3) is 0.538. The number of nitriles is 1. The zero-order chi connectivity index (χ0) is 13.8. The summed E-state index contributed by atoms with van der Waals surface area (Å²) in [6.45, 7) is 3.25. The summed E-state index contributed by atoms with van der Waals surface area (Å²) in [5, 5.41) is 8.91. The van der Waals surface area contributed by atoms with E-state index < -0.39 is 0 Å². The third-order valence-electron chi connectivity index (χ3n) is 3.27. The summed E-state index contributed by atoms with van der Waals surface area (Å²) in [6.07, 6.45) is 1.46. The van der Waals surface area contributed by atoms with Crippen LogP contribution >= 0.6 is 0 Å². The Kier molecular flexibility index (Phi) is 3.95. The van der Waals surface area contributed by atoms with Crippen LogP contribution in [0.15, 0.2) is 6.07 Å². The number of anilines is 1. The van der Waals surface area contributed by atoms with E-state index in [1.54, 1.807) is 6.07 Å². The van der Waals surface area contributed by atoms with Crippen LogP contribution in [-0.2, 0) is 9.53 Å². The predicted octanol–water partition coefficient (Wildman–Crippen LogP) is 1.05. The van der Waals surface area contributed by atoms with Crippen molar-refractivity contribution in [3.05, 3.63) is 17.5 Å². The number of hydrogen-bond donors (Lipinski definition) is 0. The van der Waals surface area contributed by atoms with E-state index in [4.69, 9.17) is 10.00 Å². The summed E-state index contributed by atoms with van der Waals surface area (Å²) < 4.78 is 4.75. The van der Waals surface area contributed by atoms with Gasteiger partial charge in [0.1, 0.15) is 11.8 Å². The van der Waals surface area contributed by atoms with E-state index in [9.17, 15) is 4.79 Å². The number of ether oxygens (including phenoxy) is 1. The van der Waals surface area contributed by atoms with E-state index in [1.807, 2.05) is 17.9 Å². The standard InChI is InChI=1S/C13H16N4O2/c1-9-7-11(8-14)16-13(15-9)17-5-3-10(4-6-17)12(18)19-2/h7,10H,3-6H2,1-2H3. The highest BCUT2D eigenvalue weighted by Crippen LogP contribution is 2.22. The number of nitrogens with zero attached hydrogens (tertiary/aromatic N) is 4. The van der Waals surface area contributed by atoms with Gasteiger partial charge in [-0.25, -0.2) is 9.97 Å². The van der Waals surface area contributed by atoms with Crippen LogP contribution in [0.3, 0.4) is 0 Å². The van der Waals surface area contributed by atoms with E-state index in [1.165, 1.54) is 7.11 Å². The molecule has 0 radical (unpaired) electrons. The van der Waals surface area contributed by atoms with Gasteiger partial charge in [-0.2, -0.15) is 5.26 Å². The van der Waals surface area contributed by atoms with Gasteiger partial charge in [-0.3, -0.25) is 4.79 Å². The molecular weight excluding hydrogens is 244 g/mol. The third-order valence-corrected chi connectivity index (χ3v) is 3.27. The molecule has 0 aliphatic carbocycles. The van der Waals surface area contributed by atoms with Crippen LogP contribution in [0, 0.1) is 24.2 Å². The summed E-state index contributed by atoms with van der Waals surface area (Å²) in [5.74, 6) is 0.379. The molecule has 19 heavy (non-hydrogen) atoms. The number of rotatable bonds is 2. The normalized spacial score (nSPS) is 15.9. The predicted molar refractivity (Wildman–Crippen MR) is 68.4 cm³/mol. The molecule has 1 saturated heterocycles. The number of carbonyl (C=O) groups excluding carboxylic acids is 1. The van der Waals surface area contributed by atoms with Crippen molar-refractivity contribution in [2.45, 2.75) is 19.8 Å². The fourth-order valence-electron chi connectivity index (χ4n) is 2.23. The van der Waals surface area contributed by atoms with E-state index in [0.717, 1.165) is 18.5 Å². The first-order valence-electron chi connectivity index (χ1n) is 6.22. The van der Waals surface area contributed by atoms with E-state index in [0.29, 0.717) is 24.7 Å². The minimum absolute atomic E-state index is 0.0403. The summed E-state index contributed by atoms with van der Waals surface area (Å²) in [7, 11) is 1.41. The van der Waals surface area contributed by atoms with Gasteiger partial charge < -0.3 is 9.64 Å². The van der Waals surface area contributed by atoms with Gasteiger partial charge in [-0.05, 0) is 25.8 Å². The highest BCUT2D eigenvalue weighted by Gasteiger charge is 2.26. The van der Waals surface area contributed by atoms with Crippen molar-refractivity contribution in [3.63, 3.8) is 0 Å².